The highest BCUT2D eigenvalue weighted by molar-refractivity contribution is 4.68. The van der Waals surface area contributed by atoms with Gasteiger partial charge < -0.3 is 4.90 Å². The Hall–Kier alpha value is -0.0400. The molecule has 0 fully saturated rings. The molecule has 80 valence electrons. The molecule has 0 radical (unpaired) electrons. The fraction of sp³-hybridized carbons (Fsp3) is 1.00. The molecule has 0 heterocycles. The number of hydrogen-bond donors (Lipinski definition) is 0. The van der Waals surface area contributed by atoms with E-state index in [2.05, 4.69) is 39.6 Å². The van der Waals surface area contributed by atoms with Crippen molar-refractivity contribution in [2.75, 3.05) is 13.6 Å². The summed E-state index contributed by atoms with van der Waals surface area (Å²) in [5.74, 6) is 0.843. The van der Waals surface area contributed by atoms with E-state index in [0.29, 0.717) is 0 Å². The maximum absolute atomic E-state index is 2.54. The number of nitrogens with zero attached hydrogens (tertiary/aromatic N) is 1. The van der Waals surface area contributed by atoms with E-state index in [0.717, 1.165) is 12.0 Å². The molecule has 0 rings (SSSR count). The Kier molecular flexibility index (Phi) is 7.35. The van der Waals surface area contributed by atoms with Crippen molar-refractivity contribution in [2.45, 2.75) is 59.4 Å². The predicted molar refractivity (Wildman–Crippen MR) is 61.1 cm³/mol. The average molecular weight is 185 g/mol. The van der Waals surface area contributed by atoms with Crippen molar-refractivity contribution in [1.82, 2.24) is 4.90 Å². The van der Waals surface area contributed by atoms with Gasteiger partial charge in [-0.2, -0.15) is 0 Å². The molecular weight excluding hydrogens is 158 g/mol. The third-order valence-corrected chi connectivity index (χ3v) is 3.01. The molecule has 1 nitrogen and oxygen atoms in total. The SMILES string of the molecule is CCCC(CC)N(C)CC(C)CC. The van der Waals surface area contributed by atoms with Crippen LogP contribution in [0.25, 0.3) is 0 Å². The Morgan fingerprint density at radius 2 is 1.69 bits per heavy atom. The molecule has 0 aromatic rings. The lowest BCUT2D eigenvalue weighted by Crippen LogP contribution is -2.34. The minimum Gasteiger partial charge on any atom is -0.303 e. The molecule has 0 bridgehead atoms. The van der Waals surface area contributed by atoms with Crippen LogP contribution in [0.4, 0.5) is 0 Å². The molecule has 0 saturated heterocycles. The highest BCUT2D eigenvalue weighted by Gasteiger charge is 2.13. The maximum atomic E-state index is 2.54. The minimum absolute atomic E-state index is 0.805. The van der Waals surface area contributed by atoms with Crippen LogP contribution in [-0.4, -0.2) is 24.5 Å². The molecule has 0 amide bonds. The molecule has 0 aromatic heterocycles. The highest BCUT2D eigenvalue weighted by Crippen LogP contribution is 2.12. The standard InChI is InChI=1S/C12H27N/c1-6-9-12(8-3)13(5)10-11(4)7-2/h11-12H,6-10H2,1-5H3. The Balaban J connectivity index is 3.82. The summed E-state index contributed by atoms with van der Waals surface area (Å²) in [6.07, 6.45) is 5.25. The second-order valence-corrected chi connectivity index (χ2v) is 4.30. The molecule has 0 spiro atoms. The summed E-state index contributed by atoms with van der Waals surface area (Å²) in [7, 11) is 2.27. The van der Waals surface area contributed by atoms with Gasteiger partial charge in [0.05, 0.1) is 0 Å². The van der Waals surface area contributed by atoms with Crippen LogP contribution in [0.1, 0.15) is 53.4 Å². The summed E-state index contributed by atoms with van der Waals surface area (Å²) in [6, 6.07) is 0.805. The summed E-state index contributed by atoms with van der Waals surface area (Å²) in [5.41, 5.74) is 0. The molecule has 0 aliphatic heterocycles. The number of hydrogen-bond acceptors (Lipinski definition) is 1. The first-order chi connectivity index (χ1) is 6.15. The zero-order chi connectivity index (χ0) is 10.3. The van der Waals surface area contributed by atoms with E-state index >= 15 is 0 Å². The lowest BCUT2D eigenvalue weighted by Gasteiger charge is -2.29. The van der Waals surface area contributed by atoms with Gasteiger partial charge in [-0.05, 0) is 25.8 Å². The van der Waals surface area contributed by atoms with Gasteiger partial charge >= 0.3 is 0 Å². The molecule has 0 aliphatic carbocycles. The van der Waals surface area contributed by atoms with Gasteiger partial charge in [-0.3, -0.25) is 0 Å². The van der Waals surface area contributed by atoms with Crippen LogP contribution in [-0.2, 0) is 0 Å². The minimum atomic E-state index is 0.805. The lowest BCUT2D eigenvalue weighted by molar-refractivity contribution is 0.194. The fourth-order valence-corrected chi connectivity index (χ4v) is 1.84. The van der Waals surface area contributed by atoms with Gasteiger partial charge in [-0.1, -0.05) is 40.5 Å². The van der Waals surface area contributed by atoms with Gasteiger partial charge in [-0.25, -0.2) is 0 Å². The van der Waals surface area contributed by atoms with E-state index < -0.39 is 0 Å². The third-order valence-electron chi connectivity index (χ3n) is 3.01. The molecule has 1 heteroatoms. The van der Waals surface area contributed by atoms with Crippen LogP contribution >= 0.6 is 0 Å². The van der Waals surface area contributed by atoms with Gasteiger partial charge in [0, 0.05) is 12.6 Å². The van der Waals surface area contributed by atoms with Crippen LogP contribution < -0.4 is 0 Å². The molecule has 13 heavy (non-hydrogen) atoms. The van der Waals surface area contributed by atoms with Crippen LogP contribution in [0.15, 0.2) is 0 Å². The number of rotatable bonds is 7. The van der Waals surface area contributed by atoms with E-state index in [1.54, 1.807) is 0 Å². The molecule has 2 atom stereocenters. The third kappa shape index (κ3) is 5.30. The van der Waals surface area contributed by atoms with Gasteiger partial charge in [0.1, 0.15) is 0 Å². The van der Waals surface area contributed by atoms with E-state index in [4.69, 9.17) is 0 Å². The quantitative estimate of drug-likeness (QED) is 0.586. The lowest BCUT2D eigenvalue weighted by atomic mass is 10.0. The summed E-state index contributed by atoms with van der Waals surface area (Å²) in [6.45, 7) is 10.5. The topological polar surface area (TPSA) is 3.24 Å². The second kappa shape index (κ2) is 7.37. The van der Waals surface area contributed by atoms with Crippen molar-refractivity contribution in [3.8, 4) is 0 Å². The Labute approximate surface area is 84.5 Å². The van der Waals surface area contributed by atoms with Crippen LogP contribution in [0, 0.1) is 5.92 Å². The molecule has 0 aromatic carbocycles. The highest BCUT2D eigenvalue weighted by atomic mass is 15.1. The summed E-state index contributed by atoms with van der Waals surface area (Å²) in [5, 5.41) is 0. The molecule has 2 unspecified atom stereocenters. The van der Waals surface area contributed by atoms with Crippen LogP contribution in [0.2, 0.25) is 0 Å². The Morgan fingerprint density at radius 3 is 2.08 bits per heavy atom. The normalized spacial score (nSPS) is 16.2. The van der Waals surface area contributed by atoms with Crippen molar-refractivity contribution in [1.29, 1.82) is 0 Å². The van der Waals surface area contributed by atoms with Crippen molar-refractivity contribution >= 4 is 0 Å². The Morgan fingerprint density at radius 1 is 1.08 bits per heavy atom. The van der Waals surface area contributed by atoms with Crippen molar-refractivity contribution in [2.24, 2.45) is 5.92 Å². The zero-order valence-electron chi connectivity index (χ0n) is 10.1. The van der Waals surface area contributed by atoms with E-state index in [1.165, 1.54) is 32.2 Å². The molecule has 0 saturated carbocycles. The van der Waals surface area contributed by atoms with Crippen molar-refractivity contribution in [3.05, 3.63) is 0 Å². The van der Waals surface area contributed by atoms with Crippen LogP contribution in [0.5, 0.6) is 0 Å². The second-order valence-electron chi connectivity index (χ2n) is 4.30. The maximum Gasteiger partial charge on any atom is 0.00896 e. The summed E-state index contributed by atoms with van der Waals surface area (Å²) >= 11 is 0. The van der Waals surface area contributed by atoms with Gasteiger partial charge in [-0.15, -0.1) is 0 Å². The molecule has 0 N–H and O–H groups in total. The van der Waals surface area contributed by atoms with E-state index in [9.17, 15) is 0 Å². The first kappa shape index (κ1) is 13.0. The first-order valence-corrected chi connectivity index (χ1v) is 5.85. The average Bonchev–Trinajstić information content (AvgIpc) is 2.13. The Bertz CT molecular complexity index is 112. The van der Waals surface area contributed by atoms with Gasteiger partial charge in [0.15, 0.2) is 0 Å². The largest absolute Gasteiger partial charge is 0.303 e. The van der Waals surface area contributed by atoms with Crippen molar-refractivity contribution < 1.29 is 0 Å². The zero-order valence-corrected chi connectivity index (χ0v) is 10.1. The van der Waals surface area contributed by atoms with E-state index in [-0.39, 0.29) is 0 Å². The predicted octanol–water partition coefficient (Wildman–Crippen LogP) is 3.54. The first-order valence-electron chi connectivity index (χ1n) is 5.85. The molecular formula is C12H27N. The van der Waals surface area contributed by atoms with E-state index in [1.807, 2.05) is 0 Å². The fourth-order valence-electron chi connectivity index (χ4n) is 1.84. The summed E-state index contributed by atoms with van der Waals surface area (Å²) < 4.78 is 0. The summed E-state index contributed by atoms with van der Waals surface area (Å²) in [4.78, 5) is 2.54. The van der Waals surface area contributed by atoms with Crippen molar-refractivity contribution in [3.63, 3.8) is 0 Å². The van der Waals surface area contributed by atoms with Gasteiger partial charge in [0.25, 0.3) is 0 Å². The monoisotopic (exact) mass is 185 g/mol. The van der Waals surface area contributed by atoms with Crippen LogP contribution in [0.3, 0.4) is 0 Å². The molecule has 0 aliphatic rings. The van der Waals surface area contributed by atoms with Gasteiger partial charge in [0.2, 0.25) is 0 Å². The smallest absolute Gasteiger partial charge is 0.00896 e.